The number of nitrogens with two attached hydrogens (primary N) is 1. The van der Waals surface area contributed by atoms with Crippen molar-refractivity contribution in [3.05, 3.63) is 22.7 Å². The van der Waals surface area contributed by atoms with Crippen LogP contribution in [0.25, 0.3) is 11.1 Å². The summed E-state index contributed by atoms with van der Waals surface area (Å²) < 4.78 is 10.9. The Morgan fingerprint density at radius 2 is 2.38 bits per heavy atom. The SMILES string of the molecule is CCCOC1CCCN(c2cc3[nH]c(=O)oc3cc2N)C1. The monoisotopic (exact) mass is 291 g/mol. The summed E-state index contributed by atoms with van der Waals surface area (Å²) in [6, 6.07) is 3.59. The zero-order chi connectivity index (χ0) is 14.8. The predicted octanol–water partition coefficient (Wildman–Crippen LogP) is 2.10. The van der Waals surface area contributed by atoms with Crippen LogP contribution in [0.5, 0.6) is 0 Å². The molecular weight excluding hydrogens is 270 g/mol. The third-order valence-corrected chi connectivity index (χ3v) is 3.84. The number of hydrogen-bond acceptors (Lipinski definition) is 5. The van der Waals surface area contributed by atoms with Crippen molar-refractivity contribution in [3.8, 4) is 0 Å². The molecule has 21 heavy (non-hydrogen) atoms. The molecule has 0 radical (unpaired) electrons. The summed E-state index contributed by atoms with van der Waals surface area (Å²) >= 11 is 0. The van der Waals surface area contributed by atoms with Crippen LogP contribution in [0.3, 0.4) is 0 Å². The van der Waals surface area contributed by atoms with Gasteiger partial charge in [0, 0.05) is 25.8 Å². The molecule has 6 nitrogen and oxygen atoms in total. The second-order valence-electron chi connectivity index (χ2n) is 5.50. The molecule has 1 aromatic heterocycles. The Morgan fingerprint density at radius 1 is 1.52 bits per heavy atom. The largest absolute Gasteiger partial charge is 0.417 e. The second-order valence-corrected chi connectivity index (χ2v) is 5.50. The normalized spacial score (nSPS) is 19.3. The van der Waals surface area contributed by atoms with Gasteiger partial charge in [0.25, 0.3) is 0 Å². The van der Waals surface area contributed by atoms with E-state index in [2.05, 4.69) is 16.8 Å². The minimum atomic E-state index is -0.454. The van der Waals surface area contributed by atoms with Crippen molar-refractivity contribution in [3.63, 3.8) is 0 Å². The van der Waals surface area contributed by atoms with Gasteiger partial charge in [-0.05, 0) is 25.3 Å². The zero-order valence-corrected chi connectivity index (χ0v) is 12.2. The number of fused-ring (bicyclic) bond motifs is 1. The summed E-state index contributed by atoms with van der Waals surface area (Å²) in [5.74, 6) is -0.454. The van der Waals surface area contributed by atoms with E-state index in [-0.39, 0.29) is 6.10 Å². The van der Waals surface area contributed by atoms with Crippen LogP contribution in [-0.2, 0) is 4.74 Å². The second kappa shape index (κ2) is 5.81. The molecular formula is C15H21N3O3. The van der Waals surface area contributed by atoms with Crippen molar-refractivity contribution in [2.24, 2.45) is 0 Å². The lowest BCUT2D eigenvalue weighted by atomic mass is 10.1. The van der Waals surface area contributed by atoms with E-state index >= 15 is 0 Å². The number of oxazole rings is 1. The van der Waals surface area contributed by atoms with Crippen LogP contribution >= 0.6 is 0 Å². The molecule has 3 rings (SSSR count). The van der Waals surface area contributed by atoms with Crippen LogP contribution < -0.4 is 16.4 Å². The third kappa shape index (κ3) is 2.90. The molecule has 1 aliphatic rings. The Hall–Kier alpha value is -1.95. The molecule has 1 saturated heterocycles. The smallest absolute Gasteiger partial charge is 0.408 e. The molecule has 1 aliphatic heterocycles. The number of hydrogen-bond donors (Lipinski definition) is 2. The first-order chi connectivity index (χ1) is 10.2. The topological polar surface area (TPSA) is 84.5 Å². The van der Waals surface area contributed by atoms with E-state index < -0.39 is 5.76 Å². The molecule has 0 spiro atoms. The number of piperidine rings is 1. The van der Waals surface area contributed by atoms with Crippen LogP contribution in [0.1, 0.15) is 26.2 Å². The fourth-order valence-electron chi connectivity index (χ4n) is 2.85. The third-order valence-electron chi connectivity index (χ3n) is 3.84. The number of nitrogens with zero attached hydrogens (tertiary/aromatic N) is 1. The lowest BCUT2D eigenvalue weighted by molar-refractivity contribution is 0.0441. The Labute approximate surface area is 122 Å². The fraction of sp³-hybridized carbons (Fsp3) is 0.533. The Kier molecular flexibility index (Phi) is 3.88. The highest BCUT2D eigenvalue weighted by molar-refractivity contribution is 5.85. The Bertz CT molecular complexity index is 676. The van der Waals surface area contributed by atoms with E-state index in [1.165, 1.54) is 0 Å². The lowest BCUT2D eigenvalue weighted by Crippen LogP contribution is -2.40. The number of nitrogens with one attached hydrogen (secondary N) is 1. The molecule has 6 heteroatoms. The predicted molar refractivity (Wildman–Crippen MR) is 82.7 cm³/mol. The van der Waals surface area contributed by atoms with Crippen molar-refractivity contribution in [2.75, 3.05) is 30.3 Å². The van der Waals surface area contributed by atoms with Crippen molar-refractivity contribution >= 4 is 22.5 Å². The number of H-pyrrole nitrogens is 1. The molecule has 2 aromatic rings. The highest BCUT2D eigenvalue weighted by Crippen LogP contribution is 2.30. The molecule has 1 unspecified atom stereocenters. The molecule has 3 N–H and O–H groups in total. The number of anilines is 2. The first-order valence-electron chi connectivity index (χ1n) is 7.46. The summed E-state index contributed by atoms with van der Waals surface area (Å²) in [5.41, 5.74) is 8.85. The molecule has 1 atom stereocenters. The minimum absolute atomic E-state index is 0.247. The van der Waals surface area contributed by atoms with Crippen LogP contribution in [-0.4, -0.2) is 30.8 Å². The van der Waals surface area contributed by atoms with Gasteiger partial charge in [0.1, 0.15) is 0 Å². The number of nitrogen functional groups attached to an aromatic ring is 1. The van der Waals surface area contributed by atoms with E-state index in [4.69, 9.17) is 14.9 Å². The van der Waals surface area contributed by atoms with Crippen LogP contribution in [0.2, 0.25) is 0 Å². The van der Waals surface area contributed by atoms with Gasteiger partial charge in [-0.15, -0.1) is 0 Å². The summed E-state index contributed by atoms with van der Waals surface area (Å²) in [5, 5.41) is 0. The van der Waals surface area contributed by atoms with Gasteiger partial charge in [0.15, 0.2) is 5.58 Å². The number of ether oxygens (including phenoxy) is 1. The van der Waals surface area contributed by atoms with Gasteiger partial charge in [0.2, 0.25) is 0 Å². The Morgan fingerprint density at radius 3 is 3.19 bits per heavy atom. The van der Waals surface area contributed by atoms with E-state index in [1.54, 1.807) is 6.07 Å². The highest BCUT2D eigenvalue weighted by atomic mass is 16.5. The molecule has 2 heterocycles. The van der Waals surface area contributed by atoms with Crippen molar-refractivity contribution in [1.82, 2.24) is 4.98 Å². The molecule has 1 aromatic carbocycles. The first kappa shape index (κ1) is 14.0. The van der Waals surface area contributed by atoms with Crippen molar-refractivity contribution in [1.29, 1.82) is 0 Å². The van der Waals surface area contributed by atoms with Crippen molar-refractivity contribution < 1.29 is 9.15 Å². The van der Waals surface area contributed by atoms with Crippen LogP contribution in [0.4, 0.5) is 11.4 Å². The van der Waals surface area contributed by atoms with E-state index in [9.17, 15) is 4.79 Å². The van der Waals surface area contributed by atoms with Gasteiger partial charge in [-0.25, -0.2) is 4.79 Å². The maximum Gasteiger partial charge on any atom is 0.417 e. The molecule has 114 valence electrons. The van der Waals surface area contributed by atoms with Gasteiger partial charge >= 0.3 is 5.76 Å². The van der Waals surface area contributed by atoms with Crippen LogP contribution in [0.15, 0.2) is 21.3 Å². The van der Waals surface area contributed by atoms with E-state index in [1.807, 2.05) is 6.07 Å². The Balaban J connectivity index is 1.85. The molecule has 1 fully saturated rings. The molecule has 0 amide bonds. The number of rotatable bonds is 4. The first-order valence-corrected chi connectivity index (χ1v) is 7.46. The average Bonchev–Trinajstić information content (AvgIpc) is 2.83. The van der Waals surface area contributed by atoms with Gasteiger partial charge in [-0.1, -0.05) is 6.92 Å². The summed E-state index contributed by atoms with van der Waals surface area (Å²) in [6.45, 7) is 4.69. The maximum absolute atomic E-state index is 11.3. The average molecular weight is 291 g/mol. The maximum atomic E-state index is 11.3. The fourth-order valence-corrected chi connectivity index (χ4v) is 2.85. The summed E-state index contributed by atoms with van der Waals surface area (Å²) in [4.78, 5) is 16.2. The minimum Gasteiger partial charge on any atom is -0.408 e. The van der Waals surface area contributed by atoms with Gasteiger partial charge in [-0.2, -0.15) is 0 Å². The van der Waals surface area contributed by atoms with E-state index in [0.29, 0.717) is 16.8 Å². The molecule has 0 aliphatic carbocycles. The van der Waals surface area contributed by atoms with Gasteiger partial charge in [-0.3, -0.25) is 4.98 Å². The molecule has 0 bridgehead atoms. The molecule has 0 saturated carbocycles. The van der Waals surface area contributed by atoms with Gasteiger partial charge in [0.05, 0.1) is 23.0 Å². The standard InChI is InChI=1S/C15H21N3O3/c1-2-6-20-10-4-3-5-18(9-10)13-8-12-14(7-11(13)16)21-15(19)17-12/h7-8,10H,2-6,9,16H2,1H3,(H,17,19). The van der Waals surface area contributed by atoms with Crippen LogP contribution in [0, 0.1) is 0 Å². The quantitative estimate of drug-likeness (QED) is 0.843. The number of aromatic amines is 1. The summed E-state index contributed by atoms with van der Waals surface area (Å²) in [7, 11) is 0. The van der Waals surface area contributed by atoms with Crippen molar-refractivity contribution in [2.45, 2.75) is 32.3 Å². The van der Waals surface area contributed by atoms with Gasteiger partial charge < -0.3 is 19.8 Å². The van der Waals surface area contributed by atoms with E-state index in [0.717, 1.165) is 44.6 Å². The summed E-state index contributed by atoms with van der Waals surface area (Å²) in [6.07, 6.45) is 3.44. The zero-order valence-electron chi connectivity index (χ0n) is 12.2. The number of benzene rings is 1. The number of aromatic nitrogens is 1. The highest BCUT2D eigenvalue weighted by Gasteiger charge is 2.22. The lowest BCUT2D eigenvalue weighted by Gasteiger charge is -2.34.